The monoisotopic (exact) mass is 495 g/mol. The topological polar surface area (TPSA) is 45.4 Å². The number of hydrogen-bond donors (Lipinski definition) is 2. The van der Waals surface area contributed by atoms with E-state index < -0.39 is 0 Å². The maximum atomic E-state index is 10.2. The first kappa shape index (κ1) is 24.2. The van der Waals surface area contributed by atoms with Crippen molar-refractivity contribution in [3.8, 4) is 11.5 Å². The predicted molar refractivity (Wildman–Crippen MR) is 140 cm³/mol. The van der Waals surface area contributed by atoms with E-state index in [1.807, 2.05) is 24.3 Å². The zero-order valence-electron chi connectivity index (χ0n) is 19.9. The van der Waals surface area contributed by atoms with Gasteiger partial charge in [0.25, 0.3) is 0 Å². The highest BCUT2D eigenvalue weighted by Gasteiger charge is 2.24. The highest BCUT2D eigenvalue weighted by Crippen LogP contribution is 2.39. The first-order valence-electron chi connectivity index (χ1n) is 11.2. The van der Waals surface area contributed by atoms with E-state index in [0.29, 0.717) is 11.5 Å². The number of halogens is 1. The molecule has 4 heteroatoms. The third-order valence-electron chi connectivity index (χ3n) is 6.76. The van der Waals surface area contributed by atoms with Crippen molar-refractivity contribution in [3.63, 3.8) is 0 Å². The summed E-state index contributed by atoms with van der Waals surface area (Å²) in [7, 11) is 0. The molecule has 3 nitrogen and oxygen atoms in total. The van der Waals surface area contributed by atoms with Gasteiger partial charge in [0.2, 0.25) is 0 Å². The van der Waals surface area contributed by atoms with Gasteiger partial charge in [-0.3, -0.25) is 0 Å². The summed E-state index contributed by atoms with van der Waals surface area (Å²) in [6.45, 7) is 13.2. The van der Waals surface area contributed by atoms with Crippen molar-refractivity contribution in [3.05, 3.63) is 70.7 Å². The van der Waals surface area contributed by atoms with Crippen LogP contribution in [-0.2, 0) is 11.0 Å². The van der Waals surface area contributed by atoms with Crippen molar-refractivity contribution in [2.24, 2.45) is 0 Å². The Bertz CT molecular complexity index is 1240. The van der Waals surface area contributed by atoms with E-state index in [1.165, 1.54) is 11.1 Å². The Morgan fingerprint density at radius 2 is 1.44 bits per heavy atom. The van der Waals surface area contributed by atoms with Crippen LogP contribution in [0.3, 0.4) is 0 Å². The van der Waals surface area contributed by atoms with Crippen LogP contribution in [0.25, 0.3) is 21.8 Å². The van der Waals surface area contributed by atoms with Gasteiger partial charge in [0, 0.05) is 21.8 Å². The molecular weight excluding hydrogens is 462 g/mol. The average molecular weight is 496 g/mol. The van der Waals surface area contributed by atoms with Gasteiger partial charge in [0.05, 0.1) is 9.99 Å². The van der Waals surface area contributed by atoms with Gasteiger partial charge in [0.1, 0.15) is 11.5 Å². The minimum atomic E-state index is 0.0230. The number of rotatable bonds is 4. The maximum absolute atomic E-state index is 10.2. The van der Waals surface area contributed by atoms with Crippen LogP contribution in [0.4, 0.5) is 0 Å². The molecular formula is C28H34BrNO2. The second kappa shape index (κ2) is 9.19. The molecule has 2 N–H and O–H groups in total. The molecule has 1 aromatic heterocycles. The fourth-order valence-electron chi connectivity index (χ4n) is 3.94. The van der Waals surface area contributed by atoms with E-state index in [2.05, 4.69) is 86.3 Å². The van der Waals surface area contributed by atoms with E-state index in [9.17, 15) is 10.2 Å². The van der Waals surface area contributed by atoms with Crippen LogP contribution >= 0.6 is 15.9 Å². The molecule has 0 radical (unpaired) electrons. The fraction of sp³-hybridized carbons (Fsp3) is 0.357. The molecule has 170 valence electrons. The SMILES string of the molecule is CCC(C)(C)c1ccc(O)c(Br)c1.CCC(C)(C)n1c2ccccc2c2c(O)cccc21. The van der Waals surface area contributed by atoms with Crippen molar-refractivity contribution in [2.45, 2.75) is 65.3 Å². The average Bonchev–Trinajstić information content (AvgIpc) is 3.12. The summed E-state index contributed by atoms with van der Waals surface area (Å²) >= 11 is 3.32. The molecule has 0 fully saturated rings. The minimum absolute atomic E-state index is 0.0230. The van der Waals surface area contributed by atoms with E-state index in [0.717, 1.165) is 33.6 Å². The first-order valence-corrected chi connectivity index (χ1v) is 12.0. The highest BCUT2D eigenvalue weighted by molar-refractivity contribution is 9.10. The van der Waals surface area contributed by atoms with Crippen molar-refractivity contribution in [1.82, 2.24) is 4.57 Å². The lowest BCUT2D eigenvalue weighted by Gasteiger charge is -2.27. The summed E-state index contributed by atoms with van der Waals surface area (Å²) in [5.74, 6) is 0.662. The number of phenolic OH excluding ortho intramolecular Hbond substituents is 2. The largest absolute Gasteiger partial charge is 0.507 e. The summed E-state index contributed by atoms with van der Waals surface area (Å²) in [4.78, 5) is 0. The smallest absolute Gasteiger partial charge is 0.129 e. The van der Waals surface area contributed by atoms with Gasteiger partial charge in [-0.25, -0.2) is 0 Å². The zero-order valence-corrected chi connectivity index (χ0v) is 21.5. The summed E-state index contributed by atoms with van der Waals surface area (Å²) in [6, 6.07) is 19.8. The number of para-hydroxylation sites is 1. The Morgan fingerprint density at radius 1 is 0.781 bits per heavy atom. The van der Waals surface area contributed by atoms with Gasteiger partial charge in [-0.2, -0.15) is 0 Å². The van der Waals surface area contributed by atoms with Crippen LogP contribution in [0.5, 0.6) is 11.5 Å². The highest BCUT2D eigenvalue weighted by atomic mass is 79.9. The molecule has 32 heavy (non-hydrogen) atoms. The standard InChI is InChI=1S/C17H19NO.C11H15BrO/c1-4-17(2,3)18-13-9-6-5-8-12(13)16-14(18)10-7-11-15(16)19;1-4-11(2,3)8-5-6-10(13)9(12)7-8/h5-11,19H,4H2,1-3H3;5-7,13H,4H2,1-3H3. The molecule has 0 saturated carbocycles. The summed E-state index contributed by atoms with van der Waals surface area (Å²) in [6.07, 6.45) is 2.13. The zero-order chi connectivity index (χ0) is 23.7. The van der Waals surface area contributed by atoms with E-state index in [1.54, 1.807) is 12.1 Å². The van der Waals surface area contributed by atoms with Gasteiger partial charge in [-0.15, -0.1) is 0 Å². The quantitative estimate of drug-likeness (QED) is 0.298. The number of nitrogens with zero attached hydrogens (tertiary/aromatic N) is 1. The molecule has 0 amide bonds. The number of aromatic nitrogens is 1. The molecule has 0 aliphatic rings. The molecule has 0 aliphatic carbocycles. The third kappa shape index (κ3) is 4.52. The second-order valence-electron chi connectivity index (χ2n) is 9.59. The van der Waals surface area contributed by atoms with Gasteiger partial charge >= 0.3 is 0 Å². The Morgan fingerprint density at radius 3 is 2.06 bits per heavy atom. The molecule has 0 aliphatic heterocycles. The molecule has 0 saturated heterocycles. The van der Waals surface area contributed by atoms with Crippen molar-refractivity contribution >= 4 is 37.7 Å². The van der Waals surface area contributed by atoms with Gasteiger partial charge in [-0.1, -0.05) is 58.0 Å². The Balaban J connectivity index is 0.000000195. The van der Waals surface area contributed by atoms with Crippen LogP contribution in [0.1, 0.15) is 59.9 Å². The second-order valence-corrected chi connectivity index (χ2v) is 10.4. The van der Waals surface area contributed by atoms with E-state index in [4.69, 9.17) is 0 Å². The van der Waals surface area contributed by atoms with Crippen LogP contribution in [-0.4, -0.2) is 14.8 Å². The third-order valence-corrected chi connectivity index (χ3v) is 7.39. The summed E-state index contributed by atoms with van der Waals surface area (Å²) in [5.41, 5.74) is 3.74. The van der Waals surface area contributed by atoms with Gasteiger partial charge in [0.15, 0.2) is 0 Å². The minimum Gasteiger partial charge on any atom is -0.507 e. The lowest BCUT2D eigenvalue weighted by Crippen LogP contribution is -2.24. The lowest BCUT2D eigenvalue weighted by molar-refractivity contribution is 0.364. The molecule has 4 aromatic rings. The summed E-state index contributed by atoms with van der Waals surface area (Å²) < 4.78 is 3.11. The van der Waals surface area contributed by atoms with Crippen LogP contribution in [0.2, 0.25) is 0 Å². The number of hydrogen-bond acceptors (Lipinski definition) is 2. The van der Waals surface area contributed by atoms with Gasteiger partial charge < -0.3 is 14.8 Å². The number of fused-ring (bicyclic) bond motifs is 3. The van der Waals surface area contributed by atoms with E-state index in [-0.39, 0.29) is 11.0 Å². The molecule has 0 spiro atoms. The normalized spacial score (nSPS) is 12.1. The number of aromatic hydroxyl groups is 2. The molecule has 0 bridgehead atoms. The number of benzene rings is 3. The fourth-order valence-corrected chi connectivity index (χ4v) is 4.32. The van der Waals surface area contributed by atoms with Crippen molar-refractivity contribution in [2.75, 3.05) is 0 Å². The molecule has 4 rings (SSSR count). The number of phenols is 2. The molecule has 1 heterocycles. The summed E-state index contributed by atoms with van der Waals surface area (Å²) in [5, 5.41) is 21.6. The van der Waals surface area contributed by atoms with Crippen molar-refractivity contribution in [1.29, 1.82) is 0 Å². The Hall–Kier alpha value is -2.46. The van der Waals surface area contributed by atoms with Gasteiger partial charge in [-0.05, 0) is 83.9 Å². The van der Waals surface area contributed by atoms with E-state index >= 15 is 0 Å². The van der Waals surface area contributed by atoms with Crippen LogP contribution in [0, 0.1) is 0 Å². The maximum Gasteiger partial charge on any atom is 0.129 e. The molecule has 3 aromatic carbocycles. The Kier molecular flexibility index (Phi) is 6.94. The molecule has 0 unspecified atom stereocenters. The van der Waals surface area contributed by atoms with Crippen LogP contribution < -0.4 is 0 Å². The van der Waals surface area contributed by atoms with Crippen LogP contribution in [0.15, 0.2) is 65.1 Å². The Labute approximate surface area is 199 Å². The predicted octanol–water partition coefficient (Wildman–Crippen LogP) is 8.49. The van der Waals surface area contributed by atoms with Crippen molar-refractivity contribution < 1.29 is 10.2 Å². The molecule has 0 atom stereocenters. The lowest BCUT2D eigenvalue weighted by atomic mass is 9.82. The first-order chi connectivity index (χ1) is 15.0.